The molecule has 1 aromatic carbocycles. The molecule has 1 aliphatic rings. The molecule has 1 atom stereocenters. The van der Waals surface area contributed by atoms with Gasteiger partial charge in [0.2, 0.25) is 0 Å². The summed E-state index contributed by atoms with van der Waals surface area (Å²) in [6.45, 7) is 3.01. The average Bonchev–Trinajstić information content (AvgIpc) is 2.39. The fourth-order valence-corrected chi connectivity index (χ4v) is 3.58. The maximum atomic E-state index is 11.8. The Morgan fingerprint density at radius 2 is 2.11 bits per heavy atom. The molecule has 1 fully saturated rings. The number of para-hydroxylation sites is 1. The zero-order chi connectivity index (χ0) is 13.9. The topological polar surface area (TPSA) is 49.4 Å². The van der Waals surface area contributed by atoms with Crippen LogP contribution in [0.25, 0.3) is 0 Å². The molecule has 1 unspecified atom stereocenters. The maximum absolute atomic E-state index is 11.8. The first-order chi connectivity index (χ1) is 8.98. The van der Waals surface area contributed by atoms with Crippen LogP contribution in [0.1, 0.15) is 12.8 Å². The van der Waals surface area contributed by atoms with Gasteiger partial charge in [-0.2, -0.15) is 0 Å². The van der Waals surface area contributed by atoms with E-state index in [0.29, 0.717) is 10.8 Å². The zero-order valence-electron chi connectivity index (χ0n) is 11.6. The van der Waals surface area contributed by atoms with Crippen molar-refractivity contribution in [3.8, 4) is 0 Å². The van der Waals surface area contributed by atoms with Gasteiger partial charge in [0.15, 0.2) is 9.84 Å². The van der Waals surface area contributed by atoms with Crippen molar-refractivity contribution in [2.45, 2.75) is 17.7 Å². The molecule has 0 amide bonds. The molecule has 0 aromatic heterocycles. The van der Waals surface area contributed by atoms with Gasteiger partial charge in [-0.15, -0.1) is 0 Å². The highest BCUT2D eigenvalue weighted by Crippen LogP contribution is 2.25. The smallest absolute Gasteiger partial charge is 0.177 e. The van der Waals surface area contributed by atoms with Gasteiger partial charge in [-0.05, 0) is 44.0 Å². The number of benzene rings is 1. The van der Waals surface area contributed by atoms with E-state index in [1.165, 1.54) is 19.1 Å². The minimum absolute atomic E-state index is 0.418. The number of sulfone groups is 1. The number of rotatable bonds is 4. The van der Waals surface area contributed by atoms with Crippen LogP contribution >= 0.6 is 0 Å². The molecule has 106 valence electrons. The molecule has 5 heteroatoms. The number of nitrogens with one attached hydrogen (secondary N) is 1. The number of hydrogen-bond acceptors (Lipinski definition) is 4. The van der Waals surface area contributed by atoms with Crippen LogP contribution in [0.2, 0.25) is 0 Å². The second-order valence-corrected chi connectivity index (χ2v) is 7.32. The molecule has 0 saturated carbocycles. The summed E-state index contributed by atoms with van der Waals surface area (Å²) in [6.07, 6.45) is 3.67. The summed E-state index contributed by atoms with van der Waals surface area (Å²) < 4.78 is 23.6. The molecule has 0 radical (unpaired) electrons. The van der Waals surface area contributed by atoms with E-state index in [9.17, 15) is 8.42 Å². The van der Waals surface area contributed by atoms with Gasteiger partial charge in [-0.3, -0.25) is 0 Å². The van der Waals surface area contributed by atoms with Gasteiger partial charge in [0.1, 0.15) is 0 Å². The van der Waals surface area contributed by atoms with Crippen molar-refractivity contribution in [1.29, 1.82) is 0 Å². The lowest BCUT2D eigenvalue weighted by Crippen LogP contribution is -2.37. The highest BCUT2D eigenvalue weighted by atomic mass is 32.2. The standard InChI is InChI=1S/C14H22N2O2S/c1-16(11-12-6-5-9-15-10-12)13-7-3-4-8-14(13)19(2,17)18/h3-4,7-8,12,15H,5-6,9-11H2,1-2H3. The van der Waals surface area contributed by atoms with Gasteiger partial charge in [0.25, 0.3) is 0 Å². The van der Waals surface area contributed by atoms with Gasteiger partial charge in [0, 0.05) is 19.8 Å². The van der Waals surface area contributed by atoms with Gasteiger partial charge in [0.05, 0.1) is 10.6 Å². The quantitative estimate of drug-likeness (QED) is 0.910. The molecule has 0 aliphatic carbocycles. The summed E-state index contributed by atoms with van der Waals surface area (Å²) in [4.78, 5) is 2.48. The molecule has 0 bridgehead atoms. The molecular formula is C14H22N2O2S. The third-order valence-corrected chi connectivity index (χ3v) is 4.75. The van der Waals surface area contributed by atoms with Gasteiger partial charge in [-0.1, -0.05) is 12.1 Å². The Hall–Kier alpha value is -1.07. The molecular weight excluding hydrogens is 260 g/mol. The van der Waals surface area contributed by atoms with Crippen molar-refractivity contribution in [3.63, 3.8) is 0 Å². The highest BCUT2D eigenvalue weighted by Gasteiger charge is 2.19. The molecule has 1 aromatic rings. The number of piperidine rings is 1. The first kappa shape index (κ1) is 14.3. The predicted octanol–water partition coefficient (Wildman–Crippen LogP) is 1.53. The van der Waals surface area contributed by atoms with E-state index in [4.69, 9.17) is 0 Å². The molecule has 19 heavy (non-hydrogen) atoms. The Kier molecular flexibility index (Phi) is 4.47. The first-order valence-corrected chi connectivity index (χ1v) is 8.58. The molecule has 4 nitrogen and oxygen atoms in total. The Labute approximate surface area is 115 Å². The van der Waals surface area contributed by atoms with Crippen LogP contribution in [0.15, 0.2) is 29.2 Å². The Balaban J connectivity index is 2.16. The van der Waals surface area contributed by atoms with Crippen LogP contribution in [-0.2, 0) is 9.84 Å². The summed E-state index contributed by atoms with van der Waals surface area (Å²) in [6, 6.07) is 7.22. The van der Waals surface area contributed by atoms with Crippen molar-refractivity contribution in [3.05, 3.63) is 24.3 Å². The highest BCUT2D eigenvalue weighted by molar-refractivity contribution is 7.90. The molecule has 0 spiro atoms. The van der Waals surface area contributed by atoms with E-state index < -0.39 is 9.84 Å². The van der Waals surface area contributed by atoms with E-state index in [0.717, 1.165) is 25.3 Å². The third kappa shape index (κ3) is 3.70. The summed E-state index contributed by atoms with van der Waals surface area (Å²) in [7, 11) is -1.21. The monoisotopic (exact) mass is 282 g/mol. The molecule has 1 N–H and O–H groups in total. The normalized spacial score (nSPS) is 20.2. The second kappa shape index (κ2) is 5.92. The summed E-state index contributed by atoms with van der Waals surface area (Å²) >= 11 is 0. The fourth-order valence-electron chi connectivity index (χ4n) is 2.65. The number of nitrogens with zero attached hydrogens (tertiary/aromatic N) is 1. The van der Waals surface area contributed by atoms with Crippen molar-refractivity contribution < 1.29 is 8.42 Å². The lowest BCUT2D eigenvalue weighted by molar-refractivity contribution is 0.381. The van der Waals surface area contributed by atoms with Crippen LogP contribution in [0.4, 0.5) is 5.69 Å². The largest absolute Gasteiger partial charge is 0.373 e. The van der Waals surface area contributed by atoms with E-state index in [1.807, 2.05) is 19.2 Å². The van der Waals surface area contributed by atoms with E-state index in [1.54, 1.807) is 12.1 Å². The van der Waals surface area contributed by atoms with Gasteiger partial charge in [-0.25, -0.2) is 8.42 Å². The fraction of sp³-hybridized carbons (Fsp3) is 0.571. The van der Waals surface area contributed by atoms with Crippen molar-refractivity contribution in [2.24, 2.45) is 5.92 Å². The van der Waals surface area contributed by atoms with Crippen molar-refractivity contribution in [2.75, 3.05) is 37.8 Å². The van der Waals surface area contributed by atoms with Crippen molar-refractivity contribution >= 4 is 15.5 Å². The maximum Gasteiger partial charge on any atom is 0.177 e. The number of hydrogen-bond donors (Lipinski definition) is 1. The Morgan fingerprint density at radius 1 is 1.37 bits per heavy atom. The summed E-state index contributed by atoms with van der Waals surface area (Å²) in [5.41, 5.74) is 0.801. The van der Waals surface area contributed by atoms with Crippen LogP contribution in [-0.4, -0.2) is 41.4 Å². The minimum atomic E-state index is -3.18. The van der Waals surface area contributed by atoms with E-state index >= 15 is 0 Å². The summed E-state index contributed by atoms with van der Waals surface area (Å²) in [5, 5.41) is 3.39. The Bertz CT molecular complexity index is 522. The predicted molar refractivity (Wildman–Crippen MR) is 78.4 cm³/mol. The molecule has 1 aliphatic heterocycles. The second-order valence-electron chi connectivity index (χ2n) is 5.33. The zero-order valence-corrected chi connectivity index (χ0v) is 12.4. The SMILES string of the molecule is CN(CC1CCCNC1)c1ccccc1S(C)(=O)=O. The van der Waals surface area contributed by atoms with Crippen LogP contribution < -0.4 is 10.2 Å². The van der Waals surface area contributed by atoms with Crippen LogP contribution in [0, 0.1) is 5.92 Å². The molecule has 1 heterocycles. The minimum Gasteiger partial charge on any atom is -0.373 e. The van der Waals surface area contributed by atoms with Crippen LogP contribution in [0.5, 0.6) is 0 Å². The van der Waals surface area contributed by atoms with Crippen molar-refractivity contribution in [1.82, 2.24) is 5.32 Å². The lowest BCUT2D eigenvalue weighted by Gasteiger charge is -2.29. The Morgan fingerprint density at radius 3 is 2.74 bits per heavy atom. The van der Waals surface area contributed by atoms with Crippen LogP contribution in [0.3, 0.4) is 0 Å². The number of anilines is 1. The average molecular weight is 282 g/mol. The third-order valence-electron chi connectivity index (χ3n) is 3.61. The van der Waals surface area contributed by atoms with E-state index in [2.05, 4.69) is 10.2 Å². The first-order valence-electron chi connectivity index (χ1n) is 6.69. The van der Waals surface area contributed by atoms with Gasteiger partial charge >= 0.3 is 0 Å². The van der Waals surface area contributed by atoms with E-state index in [-0.39, 0.29) is 0 Å². The molecule has 2 rings (SSSR count). The molecule has 1 saturated heterocycles. The van der Waals surface area contributed by atoms with Gasteiger partial charge < -0.3 is 10.2 Å². The lowest BCUT2D eigenvalue weighted by atomic mass is 9.99. The summed E-state index contributed by atoms with van der Waals surface area (Å²) in [5.74, 6) is 0.589.